The lowest BCUT2D eigenvalue weighted by Gasteiger charge is -2.30. The number of aliphatic hydroxyl groups is 1. The van der Waals surface area contributed by atoms with Gasteiger partial charge in [0.25, 0.3) is 5.91 Å². The number of amides is 1. The van der Waals surface area contributed by atoms with Gasteiger partial charge in [-0.3, -0.25) is 9.78 Å². The Morgan fingerprint density at radius 3 is 2.86 bits per heavy atom. The first-order valence-electron chi connectivity index (χ1n) is 7.02. The Hall–Kier alpha value is -1.72. The van der Waals surface area contributed by atoms with Crippen LogP contribution < -0.4 is 0 Å². The number of carbonyl (C=O) groups is 1. The number of aryl methyl sites for hydroxylation is 1. The fourth-order valence-corrected chi connectivity index (χ4v) is 2.93. The Morgan fingerprint density at radius 1 is 1.48 bits per heavy atom. The second-order valence-electron chi connectivity index (χ2n) is 4.95. The number of hydrogen-bond donors (Lipinski definition) is 1. The monoisotopic (exact) mass is 304 g/mol. The second-order valence-corrected chi connectivity index (χ2v) is 5.98. The van der Waals surface area contributed by atoms with Crippen molar-refractivity contribution in [1.82, 2.24) is 9.88 Å². The molecule has 2 aromatic heterocycles. The minimum absolute atomic E-state index is 0.0348. The number of nitrogens with zero attached hydrogens (tertiary/aromatic N) is 2. The number of pyridine rings is 1. The van der Waals surface area contributed by atoms with Crippen LogP contribution in [-0.2, 0) is 6.54 Å². The van der Waals surface area contributed by atoms with E-state index >= 15 is 0 Å². The highest BCUT2D eigenvalue weighted by molar-refractivity contribution is 7.09. The van der Waals surface area contributed by atoms with Crippen LogP contribution in [0.4, 0.5) is 0 Å². The summed E-state index contributed by atoms with van der Waals surface area (Å²) < 4.78 is 0. The van der Waals surface area contributed by atoms with Gasteiger partial charge >= 0.3 is 0 Å². The third kappa shape index (κ3) is 3.68. The molecule has 4 nitrogen and oxygen atoms in total. The molecule has 112 valence electrons. The summed E-state index contributed by atoms with van der Waals surface area (Å²) in [5.74, 6) is -0.0742. The first kappa shape index (κ1) is 15.7. The quantitative estimate of drug-likeness (QED) is 0.893. The van der Waals surface area contributed by atoms with Crippen molar-refractivity contribution < 1.29 is 9.90 Å². The Kier molecular flexibility index (Phi) is 5.47. The van der Waals surface area contributed by atoms with Gasteiger partial charge in [0, 0.05) is 17.3 Å². The lowest BCUT2D eigenvalue weighted by molar-refractivity contribution is 0.0565. The number of carbonyl (C=O) groups excluding carboxylic acids is 1. The van der Waals surface area contributed by atoms with Crippen LogP contribution in [0.3, 0.4) is 0 Å². The predicted molar refractivity (Wildman–Crippen MR) is 84.3 cm³/mol. The van der Waals surface area contributed by atoms with Gasteiger partial charge < -0.3 is 10.0 Å². The summed E-state index contributed by atoms with van der Waals surface area (Å²) in [4.78, 5) is 19.7. The van der Waals surface area contributed by atoms with E-state index in [-0.39, 0.29) is 18.6 Å². The lowest BCUT2D eigenvalue weighted by atomic mass is 10.1. The van der Waals surface area contributed by atoms with E-state index in [4.69, 9.17) is 0 Å². The molecule has 0 fully saturated rings. The van der Waals surface area contributed by atoms with Crippen molar-refractivity contribution in [2.75, 3.05) is 6.61 Å². The SMILES string of the molecule is CC[C@H](CO)N(Cc1cccs1)C(=O)c1cnccc1C. The smallest absolute Gasteiger partial charge is 0.256 e. The van der Waals surface area contributed by atoms with Gasteiger partial charge in [-0.2, -0.15) is 0 Å². The highest BCUT2D eigenvalue weighted by Gasteiger charge is 2.24. The number of thiophene rings is 1. The molecule has 21 heavy (non-hydrogen) atoms. The zero-order valence-corrected chi connectivity index (χ0v) is 13.1. The first-order valence-corrected chi connectivity index (χ1v) is 7.90. The van der Waals surface area contributed by atoms with E-state index in [0.717, 1.165) is 10.4 Å². The van der Waals surface area contributed by atoms with Gasteiger partial charge in [-0.05, 0) is 36.4 Å². The van der Waals surface area contributed by atoms with Crippen LogP contribution in [0.15, 0.2) is 36.0 Å². The Morgan fingerprint density at radius 2 is 2.29 bits per heavy atom. The molecule has 0 bridgehead atoms. The zero-order chi connectivity index (χ0) is 15.2. The lowest BCUT2D eigenvalue weighted by Crippen LogP contribution is -2.41. The molecule has 0 aliphatic heterocycles. The summed E-state index contributed by atoms with van der Waals surface area (Å²) in [7, 11) is 0. The fraction of sp³-hybridized carbons (Fsp3) is 0.375. The normalized spacial score (nSPS) is 12.1. The van der Waals surface area contributed by atoms with E-state index in [1.54, 1.807) is 28.6 Å². The highest BCUT2D eigenvalue weighted by Crippen LogP contribution is 2.19. The van der Waals surface area contributed by atoms with E-state index in [0.29, 0.717) is 18.5 Å². The predicted octanol–water partition coefficient (Wildman–Crippen LogP) is 2.86. The molecule has 0 aliphatic rings. The molecule has 2 rings (SSSR count). The van der Waals surface area contributed by atoms with E-state index in [9.17, 15) is 9.90 Å². The summed E-state index contributed by atoms with van der Waals surface area (Å²) in [5, 5.41) is 11.6. The molecule has 0 unspecified atom stereocenters. The van der Waals surface area contributed by atoms with Crippen LogP contribution in [0, 0.1) is 6.92 Å². The molecular weight excluding hydrogens is 284 g/mol. The average Bonchev–Trinajstić information content (AvgIpc) is 3.00. The minimum atomic E-state index is -0.181. The van der Waals surface area contributed by atoms with Gasteiger partial charge in [0.2, 0.25) is 0 Å². The van der Waals surface area contributed by atoms with Gasteiger partial charge in [0.15, 0.2) is 0 Å². The number of rotatable bonds is 6. The fourth-order valence-electron chi connectivity index (χ4n) is 2.23. The maximum atomic E-state index is 12.8. The molecule has 0 spiro atoms. The summed E-state index contributed by atoms with van der Waals surface area (Å²) in [6, 6.07) is 5.62. The summed E-state index contributed by atoms with van der Waals surface area (Å²) >= 11 is 1.62. The van der Waals surface area contributed by atoms with Crippen LogP contribution in [-0.4, -0.2) is 33.5 Å². The summed E-state index contributed by atoms with van der Waals surface area (Å²) in [6.07, 6.45) is 4.00. The zero-order valence-electron chi connectivity index (χ0n) is 12.3. The van der Waals surface area contributed by atoms with Gasteiger partial charge in [-0.25, -0.2) is 0 Å². The van der Waals surface area contributed by atoms with Gasteiger partial charge in [0.05, 0.1) is 24.8 Å². The van der Waals surface area contributed by atoms with Crippen LogP contribution in [0.25, 0.3) is 0 Å². The molecule has 2 heterocycles. The number of aromatic nitrogens is 1. The van der Waals surface area contributed by atoms with Gasteiger partial charge in [-0.1, -0.05) is 13.0 Å². The van der Waals surface area contributed by atoms with Crippen molar-refractivity contribution in [3.63, 3.8) is 0 Å². The van der Waals surface area contributed by atoms with Gasteiger partial charge in [-0.15, -0.1) is 11.3 Å². The minimum Gasteiger partial charge on any atom is -0.394 e. The first-order chi connectivity index (χ1) is 10.2. The molecule has 1 N–H and O–H groups in total. The number of aliphatic hydroxyl groups excluding tert-OH is 1. The molecular formula is C16H20N2O2S. The van der Waals surface area contributed by atoms with Crippen molar-refractivity contribution in [3.8, 4) is 0 Å². The van der Waals surface area contributed by atoms with Crippen molar-refractivity contribution in [2.24, 2.45) is 0 Å². The van der Waals surface area contributed by atoms with Crippen molar-refractivity contribution in [2.45, 2.75) is 32.9 Å². The van der Waals surface area contributed by atoms with Crippen LogP contribution >= 0.6 is 11.3 Å². The van der Waals surface area contributed by atoms with Crippen LogP contribution in [0.5, 0.6) is 0 Å². The maximum absolute atomic E-state index is 12.8. The topological polar surface area (TPSA) is 53.4 Å². The molecule has 2 aromatic rings. The van der Waals surface area contributed by atoms with Crippen molar-refractivity contribution in [3.05, 3.63) is 52.0 Å². The average molecular weight is 304 g/mol. The van der Waals surface area contributed by atoms with E-state index in [1.165, 1.54) is 0 Å². The van der Waals surface area contributed by atoms with E-state index in [1.807, 2.05) is 37.4 Å². The van der Waals surface area contributed by atoms with Crippen molar-refractivity contribution in [1.29, 1.82) is 0 Å². The van der Waals surface area contributed by atoms with Crippen molar-refractivity contribution >= 4 is 17.2 Å². The molecule has 0 saturated carbocycles. The molecule has 5 heteroatoms. The Labute approximate surface area is 129 Å². The molecule has 0 aromatic carbocycles. The molecule has 0 radical (unpaired) electrons. The Balaban J connectivity index is 2.30. The third-order valence-corrected chi connectivity index (χ3v) is 4.42. The number of hydrogen-bond acceptors (Lipinski definition) is 4. The van der Waals surface area contributed by atoms with E-state index in [2.05, 4.69) is 4.98 Å². The Bertz CT molecular complexity index is 580. The van der Waals surface area contributed by atoms with Gasteiger partial charge in [0.1, 0.15) is 0 Å². The molecule has 0 saturated heterocycles. The molecule has 0 aliphatic carbocycles. The standard InChI is InChI=1S/C16H20N2O2S/c1-3-13(11-19)18(10-14-5-4-8-21-14)16(20)15-9-17-7-6-12(15)2/h4-9,13,19H,3,10-11H2,1-2H3/t13-/m1/s1. The highest BCUT2D eigenvalue weighted by atomic mass is 32.1. The maximum Gasteiger partial charge on any atom is 0.256 e. The third-order valence-electron chi connectivity index (χ3n) is 3.56. The largest absolute Gasteiger partial charge is 0.394 e. The molecule has 1 amide bonds. The van der Waals surface area contributed by atoms with E-state index < -0.39 is 0 Å². The van der Waals surface area contributed by atoms with Crippen LogP contribution in [0.1, 0.15) is 34.1 Å². The summed E-state index contributed by atoms with van der Waals surface area (Å²) in [5.41, 5.74) is 1.50. The summed E-state index contributed by atoms with van der Waals surface area (Å²) in [6.45, 7) is 4.36. The van der Waals surface area contributed by atoms with Crippen LogP contribution in [0.2, 0.25) is 0 Å². The second kappa shape index (κ2) is 7.33. The molecule has 1 atom stereocenters.